The molecule has 0 aliphatic carbocycles. The number of unbranched alkanes of at least 4 members (excludes halogenated alkanes) is 10. The second-order valence-corrected chi connectivity index (χ2v) is 16.6. The third kappa shape index (κ3) is 17.8. The van der Waals surface area contributed by atoms with Crippen molar-refractivity contribution in [2.45, 2.75) is 129 Å². The fraction of sp³-hybridized carbons (Fsp3) is 0.386. The molecule has 1 atom stereocenters. The number of fused-ring (bicyclic) bond motifs is 1. The van der Waals surface area contributed by atoms with Crippen LogP contribution in [-0.4, -0.2) is 17.7 Å². The number of allylic oxidation sites excluding steroid dienone is 10. The van der Waals surface area contributed by atoms with Crippen molar-refractivity contribution in [2.75, 3.05) is 7.05 Å². The smallest absolute Gasteiger partial charge is 0.159 e. The largest absolute Gasteiger partial charge is 0.352 e. The third-order valence-corrected chi connectivity index (χ3v) is 11.7. The third-order valence-electron chi connectivity index (χ3n) is 11.7. The maximum atomic E-state index is 11.5. The van der Waals surface area contributed by atoms with E-state index in [2.05, 4.69) is 132 Å². The van der Waals surface area contributed by atoms with Crippen LogP contribution in [0.25, 0.3) is 22.4 Å². The molecule has 314 valence electrons. The Kier molecular flexibility index (Phi) is 22.1. The molecule has 1 saturated heterocycles. The van der Waals surface area contributed by atoms with E-state index in [-0.39, 0.29) is 5.78 Å². The monoisotopic (exact) mass is 790 g/mol. The molecule has 1 aliphatic heterocycles. The molecule has 0 saturated carbocycles. The number of hydrogen-bond donors (Lipinski definition) is 0. The van der Waals surface area contributed by atoms with E-state index in [0.717, 1.165) is 72.0 Å². The van der Waals surface area contributed by atoms with Gasteiger partial charge in [-0.1, -0.05) is 194 Å². The lowest BCUT2D eigenvalue weighted by Gasteiger charge is -2.17. The zero-order valence-electron chi connectivity index (χ0n) is 37.3. The minimum atomic E-state index is 0.125. The van der Waals surface area contributed by atoms with Crippen molar-refractivity contribution in [3.05, 3.63) is 181 Å². The van der Waals surface area contributed by atoms with E-state index in [1.807, 2.05) is 24.3 Å². The maximum absolute atomic E-state index is 11.5. The molecule has 3 aromatic rings. The van der Waals surface area contributed by atoms with Crippen molar-refractivity contribution >= 4 is 28.2 Å². The van der Waals surface area contributed by atoms with E-state index in [0.29, 0.717) is 5.92 Å². The molecule has 1 unspecified atom stereocenters. The Balaban J connectivity index is 0.000000330. The normalized spacial score (nSPS) is 14.1. The second kappa shape index (κ2) is 26.9. The van der Waals surface area contributed by atoms with Crippen LogP contribution in [0.5, 0.6) is 0 Å². The first-order valence-corrected chi connectivity index (χ1v) is 22.3. The van der Waals surface area contributed by atoms with Crippen molar-refractivity contribution in [3.63, 3.8) is 0 Å². The Bertz CT molecular complexity index is 1950. The summed E-state index contributed by atoms with van der Waals surface area (Å²) in [7, 11) is 2.06. The number of benzene rings is 3. The summed E-state index contributed by atoms with van der Waals surface area (Å²) in [6.45, 7) is 31.9. The number of aryl methyl sites for hydroxylation is 1. The van der Waals surface area contributed by atoms with Crippen LogP contribution in [0.15, 0.2) is 159 Å². The average Bonchev–Trinajstić information content (AvgIpc) is 3.48. The van der Waals surface area contributed by atoms with E-state index >= 15 is 0 Å². The Labute approximate surface area is 360 Å². The molecule has 1 fully saturated rings. The van der Waals surface area contributed by atoms with Crippen molar-refractivity contribution in [1.82, 2.24) is 4.90 Å². The number of ketones is 1. The van der Waals surface area contributed by atoms with Gasteiger partial charge in [0.05, 0.1) is 0 Å². The van der Waals surface area contributed by atoms with Crippen LogP contribution in [0.3, 0.4) is 0 Å². The highest BCUT2D eigenvalue weighted by molar-refractivity contribution is 5.98. The van der Waals surface area contributed by atoms with Gasteiger partial charge in [0, 0.05) is 29.9 Å². The molecule has 2 heteroatoms. The van der Waals surface area contributed by atoms with Gasteiger partial charge in [-0.25, -0.2) is 0 Å². The molecule has 3 aromatic carbocycles. The molecular weight excluding hydrogens is 715 g/mol. The first kappa shape index (κ1) is 48.4. The van der Waals surface area contributed by atoms with Gasteiger partial charge < -0.3 is 4.90 Å². The molecule has 2 nitrogen and oxygen atoms in total. The summed E-state index contributed by atoms with van der Waals surface area (Å²) < 4.78 is 0. The molecule has 0 aromatic heterocycles. The van der Waals surface area contributed by atoms with E-state index < -0.39 is 0 Å². The lowest BCUT2D eigenvalue weighted by Crippen LogP contribution is -2.09. The van der Waals surface area contributed by atoms with Crippen molar-refractivity contribution < 1.29 is 4.79 Å². The van der Waals surface area contributed by atoms with Gasteiger partial charge in [0.1, 0.15) is 0 Å². The predicted octanol–water partition coefficient (Wildman–Crippen LogP) is 16.9. The highest BCUT2D eigenvalue weighted by Gasteiger charge is 2.27. The van der Waals surface area contributed by atoms with Crippen LogP contribution in [0.1, 0.15) is 150 Å². The zero-order valence-corrected chi connectivity index (χ0v) is 37.3. The topological polar surface area (TPSA) is 20.3 Å². The minimum Gasteiger partial charge on any atom is -0.352 e. The summed E-state index contributed by atoms with van der Waals surface area (Å²) in [5.74, 6) is 0.539. The highest BCUT2D eigenvalue weighted by Crippen LogP contribution is 2.38. The molecule has 0 N–H and O–H groups in total. The number of nitrogens with zero attached hydrogens (tertiary/aromatic N) is 1. The van der Waals surface area contributed by atoms with Crippen LogP contribution in [0.2, 0.25) is 0 Å². The molecule has 59 heavy (non-hydrogen) atoms. The lowest BCUT2D eigenvalue weighted by molar-refractivity contribution is 0.101. The molecule has 0 amide bonds. The summed E-state index contributed by atoms with van der Waals surface area (Å²) in [6, 6.07) is 21.4. The van der Waals surface area contributed by atoms with Crippen LogP contribution in [0.4, 0.5) is 0 Å². The Hall–Kier alpha value is -4.95. The predicted molar refractivity (Wildman–Crippen MR) is 263 cm³/mol. The Morgan fingerprint density at radius 2 is 1.22 bits per heavy atom. The summed E-state index contributed by atoms with van der Waals surface area (Å²) in [5.41, 5.74) is 11.9. The molecule has 0 bridgehead atoms. The number of rotatable bonds is 26. The van der Waals surface area contributed by atoms with Gasteiger partial charge in [0.25, 0.3) is 0 Å². The van der Waals surface area contributed by atoms with Gasteiger partial charge in [-0.05, 0) is 123 Å². The molecule has 1 heterocycles. The van der Waals surface area contributed by atoms with E-state index in [1.54, 1.807) is 6.92 Å². The summed E-state index contributed by atoms with van der Waals surface area (Å²) in [5, 5.41) is 2.38. The standard InChI is InChI=1S/C33H45N.C24H30O/c1-8-16-30(18-15-13-11-10-12-14-17-26(3)9-2)25-31-19-21-32(22-20-31)27(4)23-33-24-28(5)34(7)29(33)6;1-4-19(2)11-9-7-5-6-8-10-12-21-13-14-24-18-22(20(3)25)15-16-23(24)17-21/h8-9,16,19-22,25,33H,2-6,10-15,17-18,23-24H2,1,7H3;4,13-18H,1-2,5-12H2,3H3/b16-8-,30-25+;. The number of carbonyl (C=O) groups is 1. The highest BCUT2D eigenvalue weighted by atomic mass is 16.1. The zero-order chi connectivity index (χ0) is 43.0. The first-order chi connectivity index (χ1) is 28.4. The van der Waals surface area contributed by atoms with Crippen LogP contribution in [0, 0.1) is 5.92 Å². The van der Waals surface area contributed by atoms with Crippen LogP contribution < -0.4 is 0 Å². The van der Waals surface area contributed by atoms with Gasteiger partial charge >= 0.3 is 0 Å². The summed E-state index contributed by atoms with van der Waals surface area (Å²) >= 11 is 0. The average molecular weight is 790 g/mol. The fourth-order valence-corrected chi connectivity index (χ4v) is 7.72. The summed E-state index contributed by atoms with van der Waals surface area (Å²) in [6.07, 6.45) is 32.2. The lowest BCUT2D eigenvalue weighted by atomic mass is 9.92. The molecular formula is C57H75NO. The number of likely N-dealkylation sites (tertiary alicyclic amines) is 1. The van der Waals surface area contributed by atoms with Crippen LogP contribution in [-0.2, 0) is 6.42 Å². The molecule has 4 rings (SSSR count). The van der Waals surface area contributed by atoms with E-state index in [4.69, 9.17) is 0 Å². The number of carbonyl (C=O) groups excluding carboxylic acids is 1. The second-order valence-electron chi connectivity index (χ2n) is 16.6. The van der Waals surface area contributed by atoms with Gasteiger partial charge in [-0.3, -0.25) is 4.79 Å². The minimum absolute atomic E-state index is 0.125. The fourth-order valence-electron chi connectivity index (χ4n) is 7.72. The number of Topliss-reactive ketones (excluding diaryl/α,β-unsaturated/α-hetero) is 1. The van der Waals surface area contributed by atoms with Gasteiger partial charge in [0.2, 0.25) is 0 Å². The van der Waals surface area contributed by atoms with Gasteiger partial charge in [-0.2, -0.15) is 0 Å². The van der Waals surface area contributed by atoms with Gasteiger partial charge in [-0.15, -0.1) is 0 Å². The number of hydrogen-bond acceptors (Lipinski definition) is 2. The molecule has 0 radical (unpaired) electrons. The van der Waals surface area contributed by atoms with Gasteiger partial charge in [0.15, 0.2) is 5.78 Å². The van der Waals surface area contributed by atoms with E-state index in [9.17, 15) is 4.79 Å². The molecule has 1 aliphatic rings. The van der Waals surface area contributed by atoms with E-state index in [1.165, 1.54) is 110 Å². The Morgan fingerprint density at radius 3 is 1.76 bits per heavy atom. The van der Waals surface area contributed by atoms with Crippen LogP contribution >= 0.6 is 0 Å². The SMILES string of the molecule is C=CC(=C)CCCCCCCCC(/C=C\C)=C/c1ccc(C(=C)CC2CC(=C)N(C)C2=C)cc1.C=CC(=C)CCCCCCCCc1ccc2cc(C(C)=O)ccc2c1. The first-order valence-electron chi connectivity index (χ1n) is 22.3. The quantitative estimate of drug-likeness (QED) is 0.0459. The summed E-state index contributed by atoms with van der Waals surface area (Å²) in [4.78, 5) is 13.6. The maximum Gasteiger partial charge on any atom is 0.159 e. The van der Waals surface area contributed by atoms with Crippen molar-refractivity contribution in [1.29, 1.82) is 0 Å². The van der Waals surface area contributed by atoms with Crippen molar-refractivity contribution in [3.8, 4) is 0 Å². The van der Waals surface area contributed by atoms with Crippen molar-refractivity contribution in [2.24, 2.45) is 5.92 Å². The Morgan fingerprint density at radius 1 is 0.695 bits per heavy atom. The molecule has 0 spiro atoms.